The number of carbonyl (C=O) groups excluding carboxylic acids is 1. The highest BCUT2D eigenvalue weighted by Crippen LogP contribution is 2.27. The minimum Gasteiger partial charge on any atom is -0.464 e. The lowest BCUT2D eigenvalue weighted by Gasteiger charge is -2.07. The summed E-state index contributed by atoms with van der Waals surface area (Å²) in [6.45, 7) is 2.38. The van der Waals surface area contributed by atoms with Gasteiger partial charge in [0.1, 0.15) is 0 Å². The summed E-state index contributed by atoms with van der Waals surface area (Å²) in [5.74, 6) is 0.296. The highest BCUT2D eigenvalue weighted by molar-refractivity contribution is 6.31. The van der Waals surface area contributed by atoms with Gasteiger partial charge in [0.15, 0.2) is 5.69 Å². The van der Waals surface area contributed by atoms with Crippen molar-refractivity contribution in [1.82, 2.24) is 14.0 Å². The molecule has 0 amide bonds. The summed E-state index contributed by atoms with van der Waals surface area (Å²) >= 11 is 6.34. The van der Waals surface area contributed by atoms with Crippen LogP contribution in [0.4, 0.5) is 0 Å². The second-order valence-corrected chi connectivity index (χ2v) is 6.25. The van der Waals surface area contributed by atoms with E-state index in [0.29, 0.717) is 28.7 Å². The largest absolute Gasteiger partial charge is 0.464 e. The van der Waals surface area contributed by atoms with Gasteiger partial charge in [-0.3, -0.25) is 4.40 Å². The molecule has 0 aliphatic carbocycles. The van der Waals surface area contributed by atoms with Crippen molar-refractivity contribution in [2.45, 2.75) is 13.5 Å². The summed E-state index contributed by atoms with van der Waals surface area (Å²) in [5, 5.41) is 0.704. The van der Waals surface area contributed by atoms with Crippen molar-refractivity contribution in [3.8, 4) is 0 Å². The predicted molar refractivity (Wildman–Crippen MR) is 97.3 cm³/mol. The normalized spacial score (nSPS) is 11.3. The van der Waals surface area contributed by atoms with E-state index in [0.717, 1.165) is 16.6 Å². The highest BCUT2D eigenvalue weighted by Gasteiger charge is 2.23. The van der Waals surface area contributed by atoms with Crippen LogP contribution in [0, 0.1) is 6.92 Å². The van der Waals surface area contributed by atoms with Crippen LogP contribution in [0.5, 0.6) is 0 Å². The van der Waals surface area contributed by atoms with Crippen molar-refractivity contribution in [1.29, 1.82) is 0 Å². The molecular formula is C19H16ClN3O2. The molecule has 0 fully saturated rings. The zero-order chi connectivity index (χ0) is 17.6. The number of hydrogen-bond donors (Lipinski definition) is 0. The van der Waals surface area contributed by atoms with Gasteiger partial charge in [-0.05, 0) is 30.7 Å². The van der Waals surface area contributed by atoms with E-state index < -0.39 is 5.97 Å². The SMILES string of the molecule is COC(=O)c1c(C)nc2n(Cc3ccccc3Cl)c3ccccc3n12. The minimum atomic E-state index is -0.398. The number of methoxy groups -OCH3 is 1. The van der Waals surface area contributed by atoms with Gasteiger partial charge in [0.2, 0.25) is 5.78 Å². The average Bonchev–Trinajstić information content (AvgIpc) is 3.10. The molecule has 0 radical (unpaired) electrons. The zero-order valence-corrected chi connectivity index (χ0v) is 14.6. The Bertz CT molecular complexity index is 1110. The number of benzene rings is 2. The van der Waals surface area contributed by atoms with E-state index in [4.69, 9.17) is 16.3 Å². The van der Waals surface area contributed by atoms with Crippen LogP contribution in [-0.2, 0) is 11.3 Å². The van der Waals surface area contributed by atoms with Gasteiger partial charge in [-0.15, -0.1) is 0 Å². The Morgan fingerprint density at radius 1 is 1.12 bits per heavy atom. The van der Waals surface area contributed by atoms with Crippen LogP contribution in [0.3, 0.4) is 0 Å². The number of carbonyl (C=O) groups is 1. The molecule has 2 aromatic heterocycles. The van der Waals surface area contributed by atoms with Crippen molar-refractivity contribution in [3.63, 3.8) is 0 Å². The van der Waals surface area contributed by atoms with Gasteiger partial charge in [0, 0.05) is 5.02 Å². The highest BCUT2D eigenvalue weighted by atomic mass is 35.5. The first kappa shape index (κ1) is 15.7. The third kappa shape index (κ3) is 2.39. The van der Waals surface area contributed by atoms with E-state index in [1.165, 1.54) is 7.11 Å². The van der Waals surface area contributed by atoms with E-state index in [1.807, 2.05) is 59.9 Å². The fourth-order valence-electron chi connectivity index (χ4n) is 3.20. The number of hydrogen-bond acceptors (Lipinski definition) is 3. The Balaban J connectivity index is 2.03. The Morgan fingerprint density at radius 3 is 2.52 bits per heavy atom. The Hall–Kier alpha value is -2.79. The summed E-state index contributed by atoms with van der Waals surface area (Å²) in [4.78, 5) is 16.9. The van der Waals surface area contributed by atoms with Gasteiger partial charge in [0.25, 0.3) is 0 Å². The number of nitrogens with zero attached hydrogens (tertiary/aromatic N) is 3. The van der Waals surface area contributed by atoms with Crippen LogP contribution >= 0.6 is 11.6 Å². The van der Waals surface area contributed by atoms with Crippen LogP contribution in [0.15, 0.2) is 48.5 Å². The number of fused-ring (bicyclic) bond motifs is 3. The molecule has 5 nitrogen and oxygen atoms in total. The Labute approximate surface area is 149 Å². The number of aromatic nitrogens is 3. The van der Waals surface area contributed by atoms with E-state index in [-0.39, 0.29) is 0 Å². The molecule has 0 saturated heterocycles. The molecule has 2 heterocycles. The molecule has 126 valence electrons. The van der Waals surface area contributed by atoms with Gasteiger partial charge >= 0.3 is 5.97 Å². The second kappa shape index (κ2) is 5.93. The fraction of sp³-hybridized carbons (Fsp3) is 0.158. The maximum Gasteiger partial charge on any atom is 0.357 e. The van der Waals surface area contributed by atoms with Gasteiger partial charge in [-0.25, -0.2) is 9.78 Å². The van der Waals surface area contributed by atoms with Crippen molar-refractivity contribution in [2.75, 3.05) is 7.11 Å². The number of imidazole rings is 2. The van der Waals surface area contributed by atoms with Crippen molar-refractivity contribution in [2.24, 2.45) is 0 Å². The molecule has 0 unspecified atom stereocenters. The van der Waals surface area contributed by atoms with Crippen molar-refractivity contribution >= 4 is 34.4 Å². The predicted octanol–water partition coefficient (Wildman–Crippen LogP) is 4.09. The molecule has 0 N–H and O–H groups in total. The number of para-hydroxylation sites is 2. The maximum atomic E-state index is 12.3. The van der Waals surface area contributed by atoms with Crippen LogP contribution in [0.25, 0.3) is 16.8 Å². The maximum absolute atomic E-state index is 12.3. The first-order valence-corrected chi connectivity index (χ1v) is 8.27. The molecule has 0 bridgehead atoms. The third-order valence-electron chi connectivity index (χ3n) is 4.35. The number of esters is 1. The minimum absolute atomic E-state index is 0.398. The quantitative estimate of drug-likeness (QED) is 0.521. The summed E-state index contributed by atoms with van der Waals surface area (Å²) < 4.78 is 8.87. The van der Waals surface area contributed by atoms with Gasteiger partial charge in [-0.1, -0.05) is 41.9 Å². The molecule has 0 aliphatic rings. The van der Waals surface area contributed by atoms with Gasteiger partial charge in [-0.2, -0.15) is 0 Å². The summed E-state index contributed by atoms with van der Waals surface area (Å²) in [5.41, 5.74) is 3.97. The first-order valence-electron chi connectivity index (χ1n) is 7.90. The molecule has 25 heavy (non-hydrogen) atoms. The van der Waals surface area contributed by atoms with Crippen LogP contribution in [-0.4, -0.2) is 27.0 Å². The number of aryl methyl sites for hydroxylation is 1. The monoisotopic (exact) mass is 353 g/mol. The summed E-state index contributed by atoms with van der Waals surface area (Å²) in [6.07, 6.45) is 0. The molecule has 2 aromatic carbocycles. The molecule has 0 atom stereocenters. The van der Waals surface area contributed by atoms with Crippen molar-refractivity contribution in [3.05, 3.63) is 70.5 Å². The molecular weight excluding hydrogens is 338 g/mol. The van der Waals surface area contributed by atoms with Gasteiger partial charge in [0.05, 0.1) is 30.4 Å². The first-order chi connectivity index (χ1) is 12.1. The van der Waals surface area contributed by atoms with E-state index in [9.17, 15) is 4.79 Å². The zero-order valence-electron chi connectivity index (χ0n) is 13.9. The second-order valence-electron chi connectivity index (χ2n) is 5.84. The molecule has 4 aromatic rings. The Kier molecular flexibility index (Phi) is 3.73. The number of ether oxygens (including phenoxy) is 1. The topological polar surface area (TPSA) is 48.5 Å². The third-order valence-corrected chi connectivity index (χ3v) is 4.72. The molecule has 6 heteroatoms. The molecule has 0 aliphatic heterocycles. The van der Waals surface area contributed by atoms with Crippen LogP contribution < -0.4 is 0 Å². The van der Waals surface area contributed by atoms with E-state index in [2.05, 4.69) is 9.55 Å². The van der Waals surface area contributed by atoms with Crippen LogP contribution in [0.2, 0.25) is 5.02 Å². The Morgan fingerprint density at radius 2 is 1.80 bits per heavy atom. The van der Waals surface area contributed by atoms with Crippen molar-refractivity contribution < 1.29 is 9.53 Å². The average molecular weight is 354 g/mol. The number of rotatable bonds is 3. The number of halogens is 1. The van der Waals surface area contributed by atoms with Crippen LogP contribution in [0.1, 0.15) is 21.7 Å². The summed E-state index contributed by atoms with van der Waals surface area (Å²) in [7, 11) is 1.38. The molecule has 0 spiro atoms. The fourth-order valence-corrected chi connectivity index (χ4v) is 3.40. The molecule has 4 rings (SSSR count). The van der Waals surface area contributed by atoms with Gasteiger partial charge < -0.3 is 9.30 Å². The lowest BCUT2D eigenvalue weighted by atomic mass is 10.2. The summed E-state index contributed by atoms with van der Waals surface area (Å²) in [6, 6.07) is 15.6. The smallest absolute Gasteiger partial charge is 0.357 e. The molecule has 0 saturated carbocycles. The lowest BCUT2D eigenvalue weighted by Crippen LogP contribution is -2.06. The lowest BCUT2D eigenvalue weighted by molar-refractivity contribution is 0.0592. The van der Waals surface area contributed by atoms with E-state index >= 15 is 0 Å². The van der Waals surface area contributed by atoms with E-state index in [1.54, 1.807) is 0 Å². The standard InChI is InChI=1S/C19H16ClN3O2/c1-12-17(18(24)25-2)23-16-10-6-5-9-15(16)22(19(23)21-12)11-13-7-3-4-8-14(13)20/h3-10H,11H2,1-2H3.